The van der Waals surface area contributed by atoms with E-state index in [1.807, 2.05) is 0 Å². The van der Waals surface area contributed by atoms with E-state index in [-0.39, 0.29) is 44.3 Å². The zero-order valence-corrected chi connectivity index (χ0v) is 12.5. The minimum atomic E-state index is -1.09. The zero-order chi connectivity index (χ0) is 17.0. The molecule has 2 amide bonds. The number of carbonyl (C=O) groups is 2. The van der Waals surface area contributed by atoms with E-state index >= 15 is 0 Å². The molecule has 1 aromatic carbocycles. The molecular formula is C14H20LiN5O4. The number of urea groups is 1. The molecule has 0 radical (unpaired) electrons. The summed E-state index contributed by atoms with van der Waals surface area (Å²) in [6, 6.07) is 5.53. The van der Waals surface area contributed by atoms with Gasteiger partial charge in [-0.05, 0) is 12.1 Å². The van der Waals surface area contributed by atoms with Crippen LogP contribution in [0.3, 0.4) is 0 Å². The van der Waals surface area contributed by atoms with Crippen LogP contribution in [0.5, 0.6) is 0 Å². The van der Waals surface area contributed by atoms with E-state index < -0.39 is 16.6 Å². The predicted molar refractivity (Wildman–Crippen MR) is 92.1 cm³/mol. The second-order valence-corrected chi connectivity index (χ2v) is 5.26. The third kappa shape index (κ3) is 4.34. The molecular weight excluding hydrogens is 309 g/mol. The Morgan fingerprint density at radius 3 is 2.58 bits per heavy atom. The van der Waals surface area contributed by atoms with Crippen molar-refractivity contribution in [3.8, 4) is 0 Å². The van der Waals surface area contributed by atoms with Crippen LogP contribution in [0, 0.1) is 10.6 Å². The van der Waals surface area contributed by atoms with Crippen LogP contribution in [-0.2, 0) is 4.79 Å². The number of benzene rings is 1. The van der Waals surface area contributed by atoms with Gasteiger partial charge in [-0.3, -0.25) is 15.1 Å². The number of hydrogen-bond acceptors (Lipinski definition) is 5. The molecule has 1 unspecified atom stereocenters. The van der Waals surface area contributed by atoms with E-state index in [1.54, 1.807) is 12.1 Å². The number of carboxylic acid groups (broad SMARTS) is 1. The van der Waals surface area contributed by atoms with Crippen molar-refractivity contribution in [1.82, 2.24) is 14.9 Å². The van der Waals surface area contributed by atoms with Gasteiger partial charge in [-0.1, -0.05) is 0 Å². The fraction of sp³-hybridized carbons (Fsp3) is 0.357. The van der Waals surface area contributed by atoms with E-state index in [9.17, 15) is 14.8 Å². The molecule has 0 aromatic heterocycles. The molecule has 2 rings (SSSR count). The second kappa shape index (κ2) is 8.28. The van der Waals surface area contributed by atoms with E-state index in [1.165, 1.54) is 17.0 Å². The van der Waals surface area contributed by atoms with E-state index in [4.69, 9.17) is 16.2 Å². The first-order chi connectivity index (χ1) is 10.8. The number of hydrogen-bond donors (Lipinski definition) is 4. The van der Waals surface area contributed by atoms with E-state index in [0.717, 1.165) is 0 Å². The summed E-state index contributed by atoms with van der Waals surface area (Å²) in [6.45, 7) is 0.801. The Balaban J connectivity index is 0.00000288. The van der Waals surface area contributed by atoms with Gasteiger partial charge in [0.15, 0.2) is 0 Å². The Morgan fingerprint density at radius 2 is 2.04 bits per heavy atom. The third-order valence-electron chi connectivity index (χ3n) is 3.69. The SMILES string of the molecule is N=C(N)c1ccc([N+]2([O-])CCN(CCNCC(=O)O)C2=O)cc1.[LiH]. The Morgan fingerprint density at radius 1 is 1.42 bits per heavy atom. The molecule has 9 nitrogen and oxygen atoms in total. The molecule has 1 heterocycles. The number of hydroxylamine groups is 2. The van der Waals surface area contributed by atoms with E-state index in [0.29, 0.717) is 24.3 Å². The third-order valence-corrected chi connectivity index (χ3v) is 3.69. The monoisotopic (exact) mass is 329 g/mol. The van der Waals surface area contributed by atoms with Crippen molar-refractivity contribution in [2.45, 2.75) is 0 Å². The van der Waals surface area contributed by atoms with Gasteiger partial charge in [-0.2, -0.15) is 0 Å². The average Bonchev–Trinajstić information content (AvgIpc) is 2.81. The van der Waals surface area contributed by atoms with Gasteiger partial charge in [-0.15, -0.1) is 0 Å². The summed E-state index contributed by atoms with van der Waals surface area (Å²) in [5.41, 5.74) is 6.15. The Hall–Kier alpha value is -1.89. The van der Waals surface area contributed by atoms with Gasteiger partial charge < -0.3 is 21.4 Å². The van der Waals surface area contributed by atoms with Crippen LogP contribution in [0.15, 0.2) is 24.3 Å². The molecule has 10 heteroatoms. The van der Waals surface area contributed by atoms with Crippen molar-refractivity contribution in [2.24, 2.45) is 5.73 Å². The van der Waals surface area contributed by atoms with Crippen LogP contribution in [-0.4, -0.2) is 79.4 Å². The number of quaternary nitrogens is 1. The fourth-order valence-corrected chi connectivity index (χ4v) is 2.42. The van der Waals surface area contributed by atoms with Gasteiger partial charge in [0.25, 0.3) is 0 Å². The maximum absolute atomic E-state index is 12.8. The summed E-state index contributed by atoms with van der Waals surface area (Å²) in [5.74, 6) is -1.08. The van der Waals surface area contributed by atoms with Crippen molar-refractivity contribution < 1.29 is 14.7 Å². The molecule has 0 saturated carbocycles. The van der Waals surface area contributed by atoms with Crippen LogP contribution in [0.2, 0.25) is 0 Å². The molecule has 1 aliphatic heterocycles. The summed E-state index contributed by atoms with van der Waals surface area (Å²) < 4.78 is -1.09. The number of amides is 2. The van der Waals surface area contributed by atoms with Gasteiger partial charge in [0.2, 0.25) is 0 Å². The van der Waals surface area contributed by atoms with Crippen LogP contribution < -0.4 is 15.7 Å². The van der Waals surface area contributed by atoms with Crippen LogP contribution in [0.4, 0.5) is 10.5 Å². The maximum atomic E-state index is 12.8. The molecule has 1 aromatic rings. The number of carboxylic acids is 1. The van der Waals surface area contributed by atoms with Crippen molar-refractivity contribution in [2.75, 3.05) is 32.7 Å². The molecule has 5 N–H and O–H groups in total. The number of nitrogens with zero attached hydrogens (tertiary/aromatic N) is 2. The number of rotatable bonds is 7. The number of carbonyl (C=O) groups excluding carboxylic acids is 1. The van der Waals surface area contributed by atoms with Gasteiger partial charge in [0.05, 0.1) is 13.1 Å². The molecule has 0 aliphatic carbocycles. The zero-order valence-electron chi connectivity index (χ0n) is 12.5. The molecule has 1 aliphatic rings. The van der Waals surface area contributed by atoms with Gasteiger partial charge >= 0.3 is 30.9 Å². The van der Waals surface area contributed by atoms with Crippen LogP contribution >= 0.6 is 0 Å². The Labute approximate surface area is 151 Å². The van der Waals surface area contributed by atoms with Crippen molar-refractivity contribution in [1.29, 1.82) is 5.41 Å². The van der Waals surface area contributed by atoms with Crippen molar-refractivity contribution in [3.05, 3.63) is 35.0 Å². The summed E-state index contributed by atoms with van der Waals surface area (Å²) in [6.07, 6.45) is 0. The first-order valence-corrected chi connectivity index (χ1v) is 7.10. The molecule has 126 valence electrons. The van der Waals surface area contributed by atoms with Crippen LogP contribution in [0.25, 0.3) is 0 Å². The van der Waals surface area contributed by atoms with E-state index in [2.05, 4.69) is 5.32 Å². The summed E-state index contributed by atoms with van der Waals surface area (Å²) in [5, 5.41) is 31.4. The normalized spacial score (nSPS) is 19.9. The second-order valence-electron chi connectivity index (χ2n) is 5.26. The van der Waals surface area contributed by atoms with Gasteiger partial charge in [0.1, 0.15) is 18.1 Å². The van der Waals surface area contributed by atoms with Crippen LogP contribution in [0.1, 0.15) is 5.56 Å². The predicted octanol–water partition coefficient (Wildman–Crippen LogP) is -0.763. The number of nitrogen functional groups attached to an aromatic ring is 1. The first kappa shape index (κ1) is 20.2. The van der Waals surface area contributed by atoms with Gasteiger partial charge in [-0.25, -0.2) is 9.44 Å². The fourth-order valence-electron chi connectivity index (χ4n) is 2.42. The number of nitrogens with two attached hydrogens (primary N) is 1. The standard InChI is InChI=1S/C14H19N5O4.Li.H/c15-13(16)10-1-3-11(4-2-10)19(23)8-7-18(14(19)22)6-5-17-9-12(20)21;;/h1-4,17H,5-9H2,(H3,15,16)(H,20,21);;. The quantitative estimate of drug-likeness (QED) is 0.129. The molecule has 1 saturated heterocycles. The molecule has 0 spiro atoms. The number of nitrogens with one attached hydrogen (secondary N) is 2. The Bertz CT molecular complexity index is 624. The summed E-state index contributed by atoms with van der Waals surface area (Å²) in [7, 11) is 0. The van der Waals surface area contributed by atoms with Crippen molar-refractivity contribution >= 4 is 42.4 Å². The minimum absolute atomic E-state index is 0. The summed E-state index contributed by atoms with van der Waals surface area (Å²) >= 11 is 0. The first-order valence-electron chi connectivity index (χ1n) is 7.10. The Kier molecular flexibility index (Phi) is 6.95. The van der Waals surface area contributed by atoms with Crippen molar-refractivity contribution in [3.63, 3.8) is 0 Å². The molecule has 0 bridgehead atoms. The molecule has 1 atom stereocenters. The average molecular weight is 329 g/mol. The number of aliphatic carboxylic acids is 1. The topological polar surface area (TPSA) is 143 Å². The van der Waals surface area contributed by atoms with Gasteiger partial charge in [0, 0.05) is 30.8 Å². The number of amidine groups is 1. The summed E-state index contributed by atoms with van der Waals surface area (Å²) in [4.78, 5) is 24.2. The molecule has 1 fully saturated rings. The molecule has 24 heavy (non-hydrogen) atoms.